The molecule has 7 heteroatoms. The van der Waals surface area contributed by atoms with Crippen LogP contribution in [-0.2, 0) is 11.3 Å². The summed E-state index contributed by atoms with van der Waals surface area (Å²) in [6, 6.07) is 14.0. The van der Waals surface area contributed by atoms with Crippen LogP contribution in [0.4, 0.5) is 0 Å². The minimum Gasteiger partial charge on any atom is -0.494 e. The molecule has 7 nitrogen and oxygen atoms in total. The summed E-state index contributed by atoms with van der Waals surface area (Å²) in [5, 5.41) is 5.34. The van der Waals surface area contributed by atoms with Crippen molar-refractivity contribution in [2.45, 2.75) is 33.4 Å². The van der Waals surface area contributed by atoms with Gasteiger partial charge in [0.1, 0.15) is 5.75 Å². The minimum absolute atomic E-state index is 0.0439. The molecule has 0 saturated heterocycles. The molecule has 0 atom stereocenters. The van der Waals surface area contributed by atoms with Crippen LogP contribution in [0, 0.1) is 0 Å². The number of nitrogens with zero attached hydrogens (tertiary/aromatic N) is 1. The van der Waals surface area contributed by atoms with Gasteiger partial charge in [0.05, 0.1) is 13.2 Å². The molecule has 160 valence electrons. The third-order valence-corrected chi connectivity index (χ3v) is 4.62. The molecule has 2 rings (SSSR count). The smallest absolute Gasteiger partial charge is 0.253 e. The summed E-state index contributed by atoms with van der Waals surface area (Å²) in [6.07, 6.45) is 0. The van der Waals surface area contributed by atoms with Crippen LogP contribution in [0.3, 0.4) is 0 Å². The lowest BCUT2D eigenvalue weighted by atomic mass is 10.1. The van der Waals surface area contributed by atoms with Crippen molar-refractivity contribution in [3.63, 3.8) is 0 Å². The summed E-state index contributed by atoms with van der Waals surface area (Å²) in [5.41, 5.74) is 1.92. The van der Waals surface area contributed by atoms with Crippen molar-refractivity contribution in [2.24, 2.45) is 0 Å². The Hall–Kier alpha value is -3.35. The molecule has 2 N–H and O–H groups in total. The number of amides is 3. The fourth-order valence-corrected chi connectivity index (χ4v) is 2.60. The summed E-state index contributed by atoms with van der Waals surface area (Å²) in [4.78, 5) is 38.1. The quantitative estimate of drug-likeness (QED) is 0.664. The number of carbonyl (C=O) groups is 3. The zero-order valence-electron chi connectivity index (χ0n) is 17.9. The maximum Gasteiger partial charge on any atom is 0.253 e. The lowest BCUT2D eigenvalue weighted by Crippen LogP contribution is -2.36. The van der Waals surface area contributed by atoms with Gasteiger partial charge in [-0.1, -0.05) is 12.1 Å². The molecule has 0 aliphatic heterocycles. The van der Waals surface area contributed by atoms with Crippen LogP contribution in [-0.4, -0.2) is 48.9 Å². The molecule has 0 aliphatic rings. The number of carbonyl (C=O) groups excluding carboxylic acids is 3. The Morgan fingerprint density at radius 2 is 1.53 bits per heavy atom. The number of hydrogen-bond acceptors (Lipinski definition) is 4. The summed E-state index contributed by atoms with van der Waals surface area (Å²) < 4.78 is 5.34. The molecule has 0 spiro atoms. The SMILES string of the molecule is CCOc1ccc(C(=O)NCC(=O)NCc2ccc(C(=O)N(C)C(C)C)cc2)cc1. The van der Waals surface area contributed by atoms with Crippen molar-refractivity contribution in [3.8, 4) is 5.75 Å². The largest absolute Gasteiger partial charge is 0.494 e. The van der Waals surface area contributed by atoms with Crippen LogP contribution >= 0.6 is 0 Å². The predicted molar refractivity (Wildman–Crippen MR) is 115 cm³/mol. The van der Waals surface area contributed by atoms with E-state index in [9.17, 15) is 14.4 Å². The first-order chi connectivity index (χ1) is 14.3. The number of benzene rings is 2. The monoisotopic (exact) mass is 411 g/mol. The van der Waals surface area contributed by atoms with E-state index in [0.717, 1.165) is 5.56 Å². The van der Waals surface area contributed by atoms with Crippen molar-refractivity contribution in [3.05, 3.63) is 65.2 Å². The fourth-order valence-electron chi connectivity index (χ4n) is 2.60. The summed E-state index contributed by atoms with van der Waals surface area (Å²) >= 11 is 0. The van der Waals surface area contributed by atoms with Gasteiger partial charge in [0, 0.05) is 30.8 Å². The average Bonchev–Trinajstić information content (AvgIpc) is 2.76. The Morgan fingerprint density at radius 1 is 0.933 bits per heavy atom. The highest BCUT2D eigenvalue weighted by Crippen LogP contribution is 2.12. The highest BCUT2D eigenvalue weighted by Gasteiger charge is 2.14. The molecule has 2 aromatic rings. The maximum atomic E-state index is 12.3. The van der Waals surface area contributed by atoms with Crippen molar-refractivity contribution in [1.29, 1.82) is 0 Å². The van der Waals surface area contributed by atoms with E-state index in [4.69, 9.17) is 4.74 Å². The average molecular weight is 412 g/mol. The van der Waals surface area contributed by atoms with Gasteiger partial charge in [-0.05, 0) is 62.7 Å². The molecule has 0 aliphatic carbocycles. The predicted octanol–water partition coefficient (Wildman–Crippen LogP) is 2.61. The maximum absolute atomic E-state index is 12.3. The summed E-state index contributed by atoms with van der Waals surface area (Å²) in [7, 11) is 1.77. The first kappa shape index (κ1) is 22.9. The van der Waals surface area contributed by atoms with Gasteiger partial charge in [0.2, 0.25) is 5.91 Å². The molecule has 0 bridgehead atoms. The van der Waals surface area contributed by atoms with E-state index in [2.05, 4.69) is 10.6 Å². The first-order valence-corrected chi connectivity index (χ1v) is 9.95. The normalized spacial score (nSPS) is 10.4. The zero-order chi connectivity index (χ0) is 22.1. The molecule has 30 heavy (non-hydrogen) atoms. The van der Waals surface area contributed by atoms with Gasteiger partial charge < -0.3 is 20.3 Å². The van der Waals surface area contributed by atoms with Crippen LogP contribution in [0.15, 0.2) is 48.5 Å². The van der Waals surface area contributed by atoms with Crippen molar-refractivity contribution >= 4 is 17.7 Å². The van der Waals surface area contributed by atoms with Gasteiger partial charge in [0.25, 0.3) is 11.8 Å². The Labute approximate surface area is 177 Å². The highest BCUT2D eigenvalue weighted by atomic mass is 16.5. The Morgan fingerprint density at radius 3 is 2.10 bits per heavy atom. The van der Waals surface area contributed by atoms with Gasteiger partial charge >= 0.3 is 0 Å². The lowest BCUT2D eigenvalue weighted by Gasteiger charge is -2.21. The number of nitrogens with one attached hydrogen (secondary N) is 2. The van der Waals surface area contributed by atoms with E-state index in [1.165, 1.54) is 0 Å². The van der Waals surface area contributed by atoms with Crippen molar-refractivity contribution in [1.82, 2.24) is 15.5 Å². The molecule has 0 radical (unpaired) electrons. The van der Waals surface area contributed by atoms with Gasteiger partial charge in [-0.3, -0.25) is 14.4 Å². The molecule has 0 saturated carbocycles. The van der Waals surface area contributed by atoms with Crippen LogP contribution in [0.25, 0.3) is 0 Å². The van der Waals surface area contributed by atoms with Gasteiger partial charge in [0.15, 0.2) is 0 Å². The molecule has 0 fully saturated rings. The lowest BCUT2D eigenvalue weighted by molar-refractivity contribution is -0.120. The Kier molecular flexibility index (Phi) is 8.41. The van der Waals surface area contributed by atoms with Gasteiger partial charge in [-0.25, -0.2) is 0 Å². The van der Waals surface area contributed by atoms with E-state index in [1.54, 1.807) is 60.5 Å². The first-order valence-electron chi connectivity index (χ1n) is 9.95. The zero-order valence-corrected chi connectivity index (χ0v) is 17.9. The summed E-state index contributed by atoms with van der Waals surface area (Å²) in [6.45, 7) is 6.54. The molecule has 0 heterocycles. The number of ether oxygens (including phenoxy) is 1. The van der Waals surface area contributed by atoms with Crippen LogP contribution in [0.1, 0.15) is 47.1 Å². The van der Waals surface area contributed by atoms with Crippen molar-refractivity contribution in [2.75, 3.05) is 20.2 Å². The van der Waals surface area contributed by atoms with E-state index in [1.807, 2.05) is 20.8 Å². The highest BCUT2D eigenvalue weighted by molar-refractivity contribution is 5.96. The second kappa shape index (κ2) is 11.0. The fraction of sp³-hybridized carbons (Fsp3) is 0.348. The van der Waals surface area contributed by atoms with E-state index in [-0.39, 0.29) is 30.3 Å². The van der Waals surface area contributed by atoms with Crippen LogP contribution in [0.2, 0.25) is 0 Å². The second-order valence-electron chi connectivity index (χ2n) is 7.12. The molecular weight excluding hydrogens is 382 g/mol. The number of rotatable bonds is 9. The molecule has 2 aromatic carbocycles. The Balaban J connectivity index is 1.79. The minimum atomic E-state index is -0.328. The second-order valence-corrected chi connectivity index (χ2v) is 7.12. The van der Waals surface area contributed by atoms with Gasteiger partial charge in [-0.15, -0.1) is 0 Å². The standard InChI is InChI=1S/C23H29N3O4/c1-5-30-20-12-10-18(11-13-20)22(28)25-15-21(27)24-14-17-6-8-19(9-7-17)23(29)26(4)16(2)3/h6-13,16H,5,14-15H2,1-4H3,(H,24,27)(H,25,28). The van der Waals surface area contributed by atoms with E-state index in [0.29, 0.717) is 30.0 Å². The van der Waals surface area contributed by atoms with Crippen LogP contribution in [0.5, 0.6) is 5.75 Å². The third-order valence-electron chi connectivity index (χ3n) is 4.62. The number of hydrogen-bond donors (Lipinski definition) is 2. The van der Waals surface area contributed by atoms with E-state index >= 15 is 0 Å². The summed E-state index contributed by atoms with van der Waals surface area (Å²) in [5.74, 6) is 0.0206. The molecule has 3 amide bonds. The van der Waals surface area contributed by atoms with E-state index < -0.39 is 0 Å². The van der Waals surface area contributed by atoms with Crippen LogP contribution < -0.4 is 15.4 Å². The van der Waals surface area contributed by atoms with Gasteiger partial charge in [-0.2, -0.15) is 0 Å². The topological polar surface area (TPSA) is 87.7 Å². The molecule has 0 unspecified atom stereocenters. The Bertz CT molecular complexity index is 861. The molecular formula is C23H29N3O4. The third kappa shape index (κ3) is 6.62. The van der Waals surface area contributed by atoms with Crippen molar-refractivity contribution < 1.29 is 19.1 Å². The molecule has 0 aromatic heterocycles.